The van der Waals surface area contributed by atoms with Crippen LogP contribution in [0, 0.1) is 13.8 Å². The summed E-state index contributed by atoms with van der Waals surface area (Å²) in [6, 6.07) is 9.56. The van der Waals surface area contributed by atoms with Crippen LogP contribution >= 0.6 is 0 Å². The topological polar surface area (TPSA) is 81.8 Å². The zero-order valence-corrected chi connectivity index (χ0v) is 15.3. The number of amides is 1. The smallest absolute Gasteiger partial charge is 0.324 e. The van der Waals surface area contributed by atoms with Crippen LogP contribution in [0.2, 0.25) is 0 Å². The zero-order chi connectivity index (χ0) is 19.0. The largest absolute Gasteiger partial charge is 0.346 e. The van der Waals surface area contributed by atoms with Gasteiger partial charge in [-0.25, -0.2) is 9.48 Å². The van der Waals surface area contributed by atoms with Crippen molar-refractivity contribution in [3.63, 3.8) is 0 Å². The number of benzene rings is 1. The molecule has 1 N–H and O–H groups in total. The first-order valence-corrected chi connectivity index (χ1v) is 9.00. The fourth-order valence-electron chi connectivity index (χ4n) is 3.03. The molecule has 0 bridgehead atoms. The lowest BCUT2D eigenvalue weighted by Crippen LogP contribution is -2.30. The molecule has 2 aromatic heterocycles. The molecule has 1 fully saturated rings. The van der Waals surface area contributed by atoms with Crippen LogP contribution in [0.4, 0.5) is 5.69 Å². The summed E-state index contributed by atoms with van der Waals surface area (Å²) in [5.41, 5.74) is 3.49. The molecule has 3 aromatic rings. The number of carbonyl (C=O) groups excluding carboxylic acids is 1. The molecular weight excluding hydrogens is 342 g/mol. The first-order chi connectivity index (χ1) is 13.0. The monoisotopic (exact) mass is 363 g/mol. The second kappa shape index (κ2) is 6.83. The third-order valence-electron chi connectivity index (χ3n) is 4.79. The molecule has 1 amide bonds. The van der Waals surface area contributed by atoms with Crippen molar-refractivity contribution in [1.82, 2.24) is 19.3 Å². The molecule has 1 aliphatic carbocycles. The molecule has 4 rings (SSSR count). The summed E-state index contributed by atoms with van der Waals surface area (Å²) in [6.07, 6.45) is 5.26. The summed E-state index contributed by atoms with van der Waals surface area (Å²) in [5.74, 6) is 0.285. The minimum absolute atomic E-state index is 0.126. The minimum Gasteiger partial charge on any atom is -0.324 e. The Balaban J connectivity index is 1.59. The molecule has 1 aromatic carbocycles. The standard InChI is InChI=1S/C20H21N5O2/c1-13-5-6-16(10-14(13)2)22-18(26)12-24-20(27)25(17-7-8-17)19(23-24)15-4-3-9-21-11-15/h3-6,9-11,17H,7-8,12H2,1-2H3,(H,22,26). The number of anilines is 1. The van der Waals surface area contributed by atoms with E-state index in [4.69, 9.17) is 0 Å². The average molecular weight is 363 g/mol. The minimum atomic E-state index is -0.279. The lowest BCUT2D eigenvalue weighted by Gasteiger charge is -2.07. The van der Waals surface area contributed by atoms with Gasteiger partial charge < -0.3 is 5.32 Å². The van der Waals surface area contributed by atoms with Gasteiger partial charge in [0.15, 0.2) is 5.82 Å². The van der Waals surface area contributed by atoms with Gasteiger partial charge in [-0.05, 0) is 62.1 Å². The van der Waals surface area contributed by atoms with Gasteiger partial charge in [0, 0.05) is 29.7 Å². The Morgan fingerprint density at radius 3 is 2.70 bits per heavy atom. The van der Waals surface area contributed by atoms with Crippen molar-refractivity contribution in [2.75, 3.05) is 5.32 Å². The quantitative estimate of drug-likeness (QED) is 0.756. The number of pyridine rings is 1. The molecular formula is C20H21N5O2. The third-order valence-corrected chi connectivity index (χ3v) is 4.79. The van der Waals surface area contributed by atoms with Gasteiger partial charge in [0.25, 0.3) is 0 Å². The maximum Gasteiger partial charge on any atom is 0.346 e. The number of aromatic nitrogens is 4. The number of hydrogen-bond donors (Lipinski definition) is 1. The third kappa shape index (κ3) is 3.53. The molecule has 0 radical (unpaired) electrons. The molecule has 0 spiro atoms. The first-order valence-electron chi connectivity index (χ1n) is 9.00. The normalized spacial score (nSPS) is 13.6. The second-order valence-corrected chi connectivity index (χ2v) is 6.95. The second-order valence-electron chi connectivity index (χ2n) is 6.95. The van der Waals surface area contributed by atoms with Crippen LogP contribution in [-0.2, 0) is 11.3 Å². The van der Waals surface area contributed by atoms with Crippen molar-refractivity contribution in [2.45, 2.75) is 39.3 Å². The number of aryl methyl sites for hydroxylation is 2. The van der Waals surface area contributed by atoms with Crippen LogP contribution in [0.5, 0.6) is 0 Å². The van der Waals surface area contributed by atoms with Crippen molar-refractivity contribution in [3.05, 3.63) is 64.3 Å². The van der Waals surface area contributed by atoms with E-state index >= 15 is 0 Å². The summed E-state index contributed by atoms with van der Waals surface area (Å²) < 4.78 is 2.91. The number of hydrogen-bond acceptors (Lipinski definition) is 4. The summed E-state index contributed by atoms with van der Waals surface area (Å²) in [5, 5.41) is 7.26. The fourth-order valence-corrected chi connectivity index (χ4v) is 3.03. The highest BCUT2D eigenvalue weighted by Gasteiger charge is 2.30. The van der Waals surface area contributed by atoms with Gasteiger partial charge in [-0.15, -0.1) is 5.10 Å². The Morgan fingerprint density at radius 2 is 2.04 bits per heavy atom. The van der Waals surface area contributed by atoms with Crippen molar-refractivity contribution in [2.24, 2.45) is 0 Å². The fraction of sp³-hybridized carbons (Fsp3) is 0.300. The molecule has 2 heterocycles. The SMILES string of the molecule is Cc1ccc(NC(=O)Cn2nc(-c3cccnc3)n(C3CC3)c2=O)cc1C. The van der Waals surface area contributed by atoms with Crippen molar-refractivity contribution < 1.29 is 4.79 Å². The van der Waals surface area contributed by atoms with Gasteiger partial charge in [0.1, 0.15) is 6.54 Å². The van der Waals surface area contributed by atoms with E-state index in [0.717, 1.165) is 29.5 Å². The summed E-state index contributed by atoms with van der Waals surface area (Å²) in [7, 11) is 0. The predicted molar refractivity (Wildman–Crippen MR) is 103 cm³/mol. The number of nitrogens with zero attached hydrogens (tertiary/aromatic N) is 4. The van der Waals surface area contributed by atoms with E-state index in [9.17, 15) is 9.59 Å². The van der Waals surface area contributed by atoms with E-state index in [2.05, 4.69) is 15.4 Å². The highest BCUT2D eigenvalue weighted by atomic mass is 16.2. The predicted octanol–water partition coefficient (Wildman–Crippen LogP) is 2.70. The van der Waals surface area contributed by atoms with Crippen molar-refractivity contribution >= 4 is 11.6 Å². The van der Waals surface area contributed by atoms with Crippen LogP contribution < -0.4 is 11.0 Å². The number of carbonyl (C=O) groups is 1. The highest BCUT2D eigenvalue weighted by Crippen LogP contribution is 2.36. The Kier molecular flexibility index (Phi) is 4.35. The maximum atomic E-state index is 12.8. The van der Waals surface area contributed by atoms with E-state index < -0.39 is 0 Å². The van der Waals surface area contributed by atoms with Crippen molar-refractivity contribution in [1.29, 1.82) is 0 Å². The molecule has 7 nitrogen and oxygen atoms in total. The molecule has 0 aliphatic heterocycles. The number of rotatable bonds is 5. The van der Waals surface area contributed by atoms with E-state index in [0.29, 0.717) is 11.5 Å². The molecule has 7 heteroatoms. The van der Waals surface area contributed by atoms with Gasteiger partial charge in [0.05, 0.1) is 0 Å². The van der Waals surface area contributed by atoms with Crippen LogP contribution in [0.15, 0.2) is 47.5 Å². The van der Waals surface area contributed by atoms with E-state index in [1.165, 1.54) is 4.68 Å². The molecule has 138 valence electrons. The summed E-state index contributed by atoms with van der Waals surface area (Å²) in [6.45, 7) is 3.89. The van der Waals surface area contributed by atoms with Crippen LogP contribution in [0.25, 0.3) is 11.4 Å². The molecule has 27 heavy (non-hydrogen) atoms. The highest BCUT2D eigenvalue weighted by molar-refractivity contribution is 5.90. The Morgan fingerprint density at radius 1 is 1.22 bits per heavy atom. The Labute approximate surface area is 156 Å². The van der Waals surface area contributed by atoms with Gasteiger partial charge in [-0.1, -0.05) is 6.07 Å². The summed E-state index contributed by atoms with van der Waals surface area (Å²) >= 11 is 0. The van der Waals surface area contributed by atoms with Gasteiger partial charge in [-0.2, -0.15) is 0 Å². The Hall–Kier alpha value is -3.22. The molecule has 1 saturated carbocycles. The van der Waals surface area contributed by atoms with Gasteiger partial charge >= 0.3 is 5.69 Å². The van der Waals surface area contributed by atoms with E-state index in [1.807, 2.05) is 44.2 Å². The molecule has 0 unspecified atom stereocenters. The lowest BCUT2D eigenvalue weighted by atomic mass is 10.1. The average Bonchev–Trinajstić information content (AvgIpc) is 3.44. The first kappa shape index (κ1) is 17.2. The lowest BCUT2D eigenvalue weighted by molar-refractivity contribution is -0.117. The van der Waals surface area contributed by atoms with Gasteiger partial charge in [-0.3, -0.25) is 14.3 Å². The maximum absolute atomic E-state index is 12.8. The van der Waals surface area contributed by atoms with Crippen LogP contribution in [-0.4, -0.2) is 25.2 Å². The van der Waals surface area contributed by atoms with Crippen LogP contribution in [0.3, 0.4) is 0 Å². The molecule has 1 aliphatic rings. The van der Waals surface area contributed by atoms with E-state index in [-0.39, 0.29) is 24.2 Å². The van der Waals surface area contributed by atoms with E-state index in [1.54, 1.807) is 17.0 Å². The van der Waals surface area contributed by atoms with Crippen LogP contribution in [0.1, 0.15) is 30.0 Å². The molecule has 0 saturated heterocycles. The summed E-state index contributed by atoms with van der Waals surface area (Å²) in [4.78, 5) is 29.3. The Bertz CT molecular complexity index is 1050. The van der Waals surface area contributed by atoms with Crippen molar-refractivity contribution in [3.8, 4) is 11.4 Å². The zero-order valence-electron chi connectivity index (χ0n) is 15.3. The molecule has 0 atom stereocenters. The van der Waals surface area contributed by atoms with Gasteiger partial charge in [0.2, 0.25) is 5.91 Å². The number of nitrogens with one attached hydrogen (secondary N) is 1.